The maximum Gasteiger partial charge on any atom is 0.248 e. The van der Waals surface area contributed by atoms with Gasteiger partial charge in [-0.05, 0) is 43.5 Å². The van der Waals surface area contributed by atoms with Gasteiger partial charge in [0.25, 0.3) is 0 Å². The second-order valence-electron chi connectivity index (χ2n) is 8.80. The van der Waals surface area contributed by atoms with Gasteiger partial charge >= 0.3 is 0 Å². The Balaban J connectivity index is 1.54. The highest BCUT2D eigenvalue weighted by Crippen LogP contribution is 2.51. The first-order valence-corrected chi connectivity index (χ1v) is 10.7. The fourth-order valence-corrected chi connectivity index (χ4v) is 5.95. The van der Waals surface area contributed by atoms with Crippen molar-refractivity contribution in [2.24, 2.45) is 23.5 Å². The molecule has 1 aromatic rings. The van der Waals surface area contributed by atoms with Gasteiger partial charge in [-0.25, -0.2) is 0 Å². The van der Waals surface area contributed by atoms with Crippen molar-refractivity contribution in [3.63, 3.8) is 0 Å². The monoisotopic (exact) mass is 398 g/mol. The number of hydrogen-bond acceptors (Lipinski definition) is 5. The average Bonchev–Trinajstić information content (AvgIpc) is 3.03. The minimum atomic E-state index is -0.424. The van der Waals surface area contributed by atoms with Crippen molar-refractivity contribution in [2.75, 3.05) is 26.7 Å². The van der Waals surface area contributed by atoms with Gasteiger partial charge in [0.05, 0.1) is 5.92 Å². The molecule has 6 nitrogen and oxygen atoms in total. The van der Waals surface area contributed by atoms with Gasteiger partial charge in [-0.15, -0.1) is 0 Å². The van der Waals surface area contributed by atoms with Crippen molar-refractivity contribution in [1.29, 1.82) is 0 Å². The van der Waals surface area contributed by atoms with E-state index in [4.69, 9.17) is 10.5 Å². The van der Waals surface area contributed by atoms with Crippen LogP contribution in [0, 0.1) is 17.8 Å². The second kappa shape index (κ2) is 8.00. The summed E-state index contributed by atoms with van der Waals surface area (Å²) in [5.41, 5.74) is 6.64. The molecule has 2 atom stereocenters. The number of Topliss-reactive ketones (excluding diaryl/α,β-unsaturated/α-hetero) is 2. The molecule has 2 N–H and O–H groups in total. The number of primary amides is 1. The van der Waals surface area contributed by atoms with E-state index >= 15 is 0 Å². The number of carbonyl (C=O) groups excluding carboxylic acids is 3. The predicted molar refractivity (Wildman–Crippen MR) is 108 cm³/mol. The summed E-state index contributed by atoms with van der Waals surface area (Å²) in [7, 11) is 1.77. The summed E-state index contributed by atoms with van der Waals surface area (Å²) in [5.74, 6) is 0.0161. The number of methoxy groups -OCH3 is 1. The van der Waals surface area contributed by atoms with Crippen molar-refractivity contribution < 1.29 is 19.1 Å². The van der Waals surface area contributed by atoms with Crippen LogP contribution in [0.5, 0.6) is 0 Å². The number of likely N-dealkylation sites (tertiary alicyclic amines) is 1. The smallest absolute Gasteiger partial charge is 0.248 e. The van der Waals surface area contributed by atoms with Gasteiger partial charge in [0.1, 0.15) is 17.2 Å². The van der Waals surface area contributed by atoms with Crippen LogP contribution in [0.1, 0.15) is 54.4 Å². The summed E-state index contributed by atoms with van der Waals surface area (Å²) in [6.07, 6.45) is 4.75. The van der Waals surface area contributed by atoms with Crippen LogP contribution in [0.4, 0.5) is 0 Å². The van der Waals surface area contributed by atoms with E-state index in [1.807, 2.05) is 18.2 Å². The Kier molecular flexibility index (Phi) is 5.58. The van der Waals surface area contributed by atoms with E-state index in [9.17, 15) is 14.4 Å². The number of amides is 1. The molecule has 2 aliphatic carbocycles. The maximum absolute atomic E-state index is 12.0. The molecular weight excluding hydrogens is 368 g/mol. The Morgan fingerprint density at radius 3 is 2.41 bits per heavy atom. The second-order valence-corrected chi connectivity index (χ2v) is 8.80. The SMILES string of the molecule is COC1(c2cccc(C(N)=O)c2)C2CCCC1CN(CCC1C(=O)CCC1=O)C2. The third-order valence-corrected chi connectivity index (χ3v) is 7.34. The number of fused-ring (bicyclic) bond motifs is 2. The summed E-state index contributed by atoms with van der Waals surface area (Å²) < 4.78 is 6.24. The van der Waals surface area contributed by atoms with E-state index in [1.54, 1.807) is 13.2 Å². The number of ether oxygens (including phenoxy) is 1. The van der Waals surface area contributed by atoms with Gasteiger partial charge in [0.15, 0.2) is 0 Å². The van der Waals surface area contributed by atoms with Crippen molar-refractivity contribution in [1.82, 2.24) is 4.90 Å². The fourth-order valence-electron chi connectivity index (χ4n) is 5.95. The third kappa shape index (κ3) is 3.53. The van der Waals surface area contributed by atoms with Gasteiger partial charge in [0, 0.05) is 50.4 Å². The summed E-state index contributed by atoms with van der Waals surface area (Å²) in [5, 5.41) is 0. The van der Waals surface area contributed by atoms with Gasteiger partial charge in [-0.3, -0.25) is 14.4 Å². The van der Waals surface area contributed by atoms with Crippen molar-refractivity contribution in [3.8, 4) is 0 Å². The quantitative estimate of drug-likeness (QED) is 0.743. The topological polar surface area (TPSA) is 89.7 Å². The molecule has 3 fully saturated rings. The van der Waals surface area contributed by atoms with E-state index in [-0.39, 0.29) is 11.6 Å². The van der Waals surface area contributed by atoms with Crippen LogP contribution in [0.3, 0.4) is 0 Å². The molecule has 0 radical (unpaired) electrons. The number of nitrogens with zero attached hydrogens (tertiary/aromatic N) is 1. The molecule has 0 spiro atoms. The Morgan fingerprint density at radius 1 is 1.17 bits per heavy atom. The van der Waals surface area contributed by atoms with Crippen LogP contribution in [0.2, 0.25) is 0 Å². The van der Waals surface area contributed by atoms with E-state index in [0.717, 1.165) is 38.0 Å². The lowest BCUT2D eigenvalue weighted by atomic mass is 9.62. The normalized spacial score (nSPS) is 30.7. The predicted octanol–water partition coefficient (Wildman–Crippen LogP) is 2.30. The zero-order valence-corrected chi connectivity index (χ0v) is 17.1. The molecule has 1 saturated heterocycles. The molecule has 6 heteroatoms. The van der Waals surface area contributed by atoms with Gasteiger partial charge in [-0.2, -0.15) is 0 Å². The van der Waals surface area contributed by atoms with Crippen molar-refractivity contribution >= 4 is 17.5 Å². The van der Waals surface area contributed by atoms with Crippen molar-refractivity contribution in [2.45, 2.75) is 44.1 Å². The largest absolute Gasteiger partial charge is 0.373 e. The van der Waals surface area contributed by atoms with Crippen LogP contribution in [0.25, 0.3) is 0 Å². The fraction of sp³-hybridized carbons (Fsp3) is 0.609. The number of ketones is 2. The number of hydrogen-bond donors (Lipinski definition) is 1. The average molecular weight is 399 g/mol. The van der Waals surface area contributed by atoms with Crippen molar-refractivity contribution in [3.05, 3.63) is 35.4 Å². The van der Waals surface area contributed by atoms with E-state index in [0.29, 0.717) is 36.7 Å². The summed E-state index contributed by atoms with van der Waals surface area (Å²) >= 11 is 0. The third-order valence-electron chi connectivity index (χ3n) is 7.34. The summed E-state index contributed by atoms with van der Waals surface area (Å²) in [6, 6.07) is 7.57. The van der Waals surface area contributed by atoms with Crippen LogP contribution in [-0.2, 0) is 19.9 Å². The Hall–Kier alpha value is -2.05. The Labute approximate surface area is 171 Å². The molecule has 2 unspecified atom stereocenters. The molecule has 0 aromatic heterocycles. The van der Waals surface area contributed by atoms with Gasteiger partial charge < -0.3 is 15.4 Å². The number of carbonyl (C=O) groups is 3. The molecule has 1 amide bonds. The molecule has 2 saturated carbocycles. The van der Waals surface area contributed by atoms with E-state index in [2.05, 4.69) is 4.90 Å². The minimum Gasteiger partial charge on any atom is -0.373 e. The Bertz CT molecular complexity index is 791. The number of nitrogens with two attached hydrogens (primary N) is 1. The first-order chi connectivity index (χ1) is 14.0. The first-order valence-electron chi connectivity index (χ1n) is 10.7. The molecule has 1 aromatic carbocycles. The lowest BCUT2D eigenvalue weighted by molar-refractivity contribution is -0.169. The van der Waals surface area contributed by atoms with E-state index < -0.39 is 17.4 Å². The zero-order chi connectivity index (χ0) is 20.6. The molecule has 1 aliphatic heterocycles. The number of rotatable bonds is 6. The van der Waals surface area contributed by atoms with E-state index in [1.165, 1.54) is 6.42 Å². The molecule has 3 aliphatic rings. The molecular formula is C23H30N2O4. The zero-order valence-electron chi connectivity index (χ0n) is 17.1. The molecule has 156 valence electrons. The Morgan fingerprint density at radius 2 is 1.83 bits per heavy atom. The first kappa shape index (κ1) is 20.2. The number of piperidine rings is 1. The van der Waals surface area contributed by atoms with Gasteiger partial charge in [0.2, 0.25) is 5.91 Å². The van der Waals surface area contributed by atoms with Gasteiger partial charge in [-0.1, -0.05) is 18.6 Å². The maximum atomic E-state index is 12.0. The standard InChI is InChI=1S/C23H30N2O4/c1-29-23(16-5-2-4-15(12-16)22(24)28)17-6-3-7-18(23)14-25(13-17)11-10-19-20(26)8-9-21(19)27/h2,4-5,12,17-19H,3,6-11,13-14H2,1H3,(H2,24,28). The lowest BCUT2D eigenvalue weighted by Gasteiger charge is -2.55. The van der Waals surface area contributed by atoms with Crippen LogP contribution < -0.4 is 5.73 Å². The van der Waals surface area contributed by atoms with Crippen LogP contribution in [0.15, 0.2) is 24.3 Å². The summed E-state index contributed by atoms with van der Waals surface area (Å²) in [6.45, 7) is 2.52. The number of benzene rings is 1. The molecule has 29 heavy (non-hydrogen) atoms. The molecule has 1 heterocycles. The van der Waals surface area contributed by atoms with Crippen LogP contribution >= 0.6 is 0 Å². The minimum absolute atomic E-state index is 0.113. The van der Waals surface area contributed by atoms with Crippen LogP contribution in [-0.4, -0.2) is 49.1 Å². The summed E-state index contributed by atoms with van der Waals surface area (Å²) in [4.78, 5) is 38.1. The molecule has 4 rings (SSSR count). The highest BCUT2D eigenvalue weighted by atomic mass is 16.5. The highest BCUT2D eigenvalue weighted by Gasteiger charge is 2.53. The molecule has 2 bridgehead atoms. The highest BCUT2D eigenvalue weighted by molar-refractivity contribution is 6.08. The lowest BCUT2D eigenvalue weighted by Crippen LogP contribution is -2.59.